The molecule has 0 unspecified atom stereocenters. The van der Waals surface area contributed by atoms with Crippen LogP contribution in [-0.2, 0) is 4.79 Å². The van der Waals surface area contributed by atoms with Gasteiger partial charge in [0.05, 0.1) is 5.71 Å². The van der Waals surface area contributed by atoms with E-state index >= 15 is 0 Å². The molecule has 0 spiro atoms. The van der Waals surface area contributed by atoms with Crippen molar-refractivity contribution in [2.45, 2.75) is 65.2 Å². The molecule has 2 aromatic rings. The van der Waals surface area contributed by atoms with Crippen LogP contribution in [-0.4, -0.2) is 11.6 Å². The minimum Gasteiger partial charge on any atom is -0.273 e. The van der Waals surface area contributed by atoms with Gasteiger partial charge in [-0.3, -0.25) is 4.79 Å². The summed E-state index contributed by atoms with van der Waals surface area (Å²) in [5.41, 5.74) is 6.90. The van der Waals surface area contributed by atoms with E-state index in [1.807, 2.05) is 37.3 Å². The highest BCUT2D eigenvalue weighted by molar-refractivity contribution is 5.99. The first-order chi connectivity index (χ1) is 13.2. The number of nitrogens with zero attached hydrogens (tertiary/aromatic N) is 1. The zero-order valence-corrected chi connectivity index (χ0v) is 16.7. The lowest BCUT2D eigenvalue weighted by molar-refractivity contribution is -0.121. The van der Waals surface area contributed by atoms with Crippen molar-refractivity contribution in [2.24, 2.45) is 5.10 Å². The van der Waals surface area contributed by atoms with E-state index < -0.39 is 0 Å². The first-order valence-electron chi connectivity index (χ1n) is 10.2. The molecule has 3 heteroatoms. The van der Waals surface area contributed by atoms with E-state index in [1.54, 1.807) is 0 Å². The smallest absolute Gasteiger partial charge is 0.240 e. The van der Waals surface area contributed by atoms with Crippen LogP contribution < -0.4 is 5.43 Å². The molecule has 0 bridgehead atoms. The highest BCUT2D eigenvalue weighted by atomic mass is 16.2. The minimum atomic E-state index is 0.00353. The van der Waals surface area contributed by atoms with Crippen LogP contribution in [0.15, 0.2) is 59.7 Å². The van der Waals surface area contributed by atoms with Gasteiger partial charge in [-0.1, -0.05) is 100 Å². The van der Waals surface area contributed by atoms with Crippen LogP contribution in [0.4, 0.5) is 0 Å². The maximum Gasteiger partial charge on any atom is 0.240 e. The lowest BCUT2D eigenvalue weighted by Crippen LogP contribution is -2.18. The number of carbonyl (C=O) groups excluding carboxylic acids is 1. The Hall–Kier alpha value is -2.42. The largest absolute Gasteiger partial charge is 0.273 e. The summed E-state index contributed by atoms with van der Waals surface area (Å²) in [6.07, 6.45) is 9.04. The SMILES string of the molecule is CCCCCCCCCC(=O)NN=C(C)c1ccc(-c2ccccc2)cc1. The molecule has 0 radical (unpaired) electrons. The third-order valence-corrected chi connectivity index (χ3v) is 4.77. The van der Waals surface area contributed by atoms with E-state index in [4.69, 9.17) is 0 Å². The van der Waals surface area contributed by atoms with Gasteiger partial charge in [0.2, 0.25) is 5.91 Å². The number of rotatable bonds is 11. The molecule has 0 saturated heterocycles. The minimum absolute atomic E-state index is 0.00353. The molecular weight excluding hydrogens is 332 g/mol. The summed E-state index contributed by atoms with van der Waals surface area (Å²) < 4.78 is 0. The van der Waals surface area contributed by atoms with Gasteiger partial charge in [0.25, 0.3) is 0 Å². The molecule has 0 aliphatic rings. The Morgan fingerprint density at radius 1 is 0.815 bits per heavy atom. The van der Waals surface area contributed by atoms with Gasteiger partial charge in [-0.25, -0.2) is 5.43 Å². The number of benzene rings is 2. The molecule has 3 nitrogen and oxygen atoms in total. The molecule has 0 atom stereocenters. The van der Waals surface area contributed by atoms with E-state index in [2.05, 4.69) is 41.7 Å². The number of amides is 1. The standard InChI is InChI=1S/C24H32N2O/c1-3-4-5-6-7-8-12-15-24(27)26-25-20(2)21-16-18-23(19-17-21)22-13-10-9-11-14-22/h9-11,13-14,16-19H,3-8,12,15H2,1-2H3,(H,26,27). The van der Waals surface area contributed by atoms with Gasteiger partial charge in [0.15, 0.2) is 0 Å². The maximum absolute atomic E-state index is 11.9. The third kappa shape index (κ3) is 7.78. The summed E-state index contributed by atoms with van der Waals surface area (Å²) in [7, 11) is 0. The average Bonchev–Trinajstić information content (AvgIpc) is 2.72. The highest BCUT2D eigenvalue weighted by Crippen LogP contribution is 2.19. The predicted octanol–water partition coefficient (Wildman–Crippen LogP) is 6.33. The molecule has 144 valence electrons. The van der Waals surface area contributed by atoms with Crippen LogP contribution in [0.3, 0.4) is 0 Å². The Kier molecular flexibility index (Phi) is 9.33. The second-order valence-corrected chi connectivity index (χ2v) is 7.05. The molecular formula is C24H32N2O. The second-order valence-electron chi connectivity index (χ2n) is 7.05. The zero-order chi connectivity index (χ0) is 19.3. The van der Waals surface area contributed by atoms with E-state index in [0.29, 0.717) is 6.42 Å². The highest BCUT2D eigenvalue weighted by Gasteiger charge is 2.03. The number of carbonyl (C=O) groups is 1. The molecule has 2 rings (SSSR count). The molecule has 2 aromatic carbocycles. The lowest BCUT2D eigenvalue weighted by Gasteiger charge is -2.05. The summed E-state index contributed by atoms with van der Waals surface area (Å²) in [6, 6.07) is 18.6. The molecule has 0 fully saturated rings. The van der Waals surface area contributed by atoms with Crippen molar-refractivity contribution in [3.8, 4) is 11.1 Å². The molecule has 0 saturated carbocycles. The van der Waals surface area contributed by atoms with Gasteiger partial charge < -0.3 is 0 Å². The summed E-state index contributed by atoms with van der Waals surface area (Å²) in [4.78, 5) is 11.9. The number of hydrogen-bond acceptors (Lipinski definition) is 2. The number of hydrazone groups is 1. The van der Waals surface area contributed by atoms with Crippen molar-refractivity contribution in [3.63, 3.8) is 0 Å². The van der Waals surface area contributed by atoms with Crippen molar-refractivity contribution < 1.29 is 4.79 Å². The topological polar surface area (TPSA) is 41.5 Å². The Morgan fingerprint density at radius 3 is 2.07 bits per heavy atom. The summed E-state index contributed by atoms with van der Waals surface area (Å²) in [5, 5.41) is 4.25. The Labute approximate surface area is 163 Å². The molecule has 1 N–H and O–H groups in total. The molecule has 27 heavy (non-hydrogen) atoms. The van der Waals surface area contributed by atoms with Crippen molar-refractivity contribution >= 4 is 11.6 Å². The molecule has 0 heterocycles. The normalized spacial score (nSPS) is 11.4. The first-order valence-corrected chi connectivity index (χ1v) is 10.2. The van der Waals surface area contributed by atoms with Gasteiger partial charge in [-0.05, 0) is 30.0 Å². The quantitative estimate of drug-likeness (QED) is 0.282. The number of unbranched alkanes of at least 4 members (excludes halogenated alkanes) is 6. The second kappa shape index (κ2) is 12.1. The van der Waals surface area contributed by atoms with Crippen LogP contribution >= 0.6 is 0 Å². The van der Waals surface area contributed by atoms with Gasteiger partial charge in [0, 0.05) is 6.42 Å². The molecule has 1 amide bonds. The first kappa shape index (κ1) is 20.9. The summed E-state index contributed by atoms with van der Waals surface area (Å²) in [6.45, 7) is 4.15. The Morgan fingerprint density at radius 2 is 1.41 bits per heavy atom. The Balaban J connectivity index is 1.74. The van der Waals surface area contributed by atoms with E-state index in [0.717, 1.165) is 24.1 Å². The van der Waals surface area contributed by atoms with Crippen LogP contribution in [0.25, 0.3) is 11.1 Å². The average molecular weight is 365 g/mol. The van der Waals surface area contributed by atoms with Crippen molar-refractivity contribution in [2.75, 3.05) is 0 Å². The fourth-order valence-electron chi connectivity index (χ4n) is 3.04. The van der Waals surface area contributed by atoms with Crippen molar-refractivity contribution in [1.82, 2.24) is 5.43 Å². The fraction of sp³-hybridized carbons (Fsp3) is 0.417. The van der Waals surface area contributed by atoms with Gasteiger partial charge in [0.1, 0.15) is 0 Å². The molecule has 0 aromatic heterocycles. The zero-order valence-electron chi connectivity index (χ0n) is 16.7. The van der Waals surface area contributed by atoms with Crippen LogP contribution in [0.2, 0.25) is 0 Å². The molecule has 0 aliphatic carbocycles. The lowest BCUT2D eigenvalue weighted by atomic mass is 10.0. The number of nitrogens with one attached hydrogen (secondary N) is 1. The van der Waals surface area contributed by atoms with Crippen LogP contribution in [0.1, 0.15) is 70.8 Å². The van der Waals surface area contributed by atoms with Gasteiger partial charge in [-0.2, -0.15) is 5.10 Å². The molecule has 0 aliphatic heterocycles. The van der Waals surface area contributed by atoms with E-state index in [1.165, 1.54) is 43.2 Å². The fourth-order valence-corrected chi connectivity index (χ4v) is 3.04. The van der Waals surface area contributed by atoms with Crippen molar-refractivity contribution in [1.29, 1.82) is 0 Å². The van der Waals surface area contributed by atoms with Crippen molar-refractivity contribution in [3.05, 3.63) is 60.2 Å². The van der Waals surface area contributed by atoms with E-state index in [9.17, 15) is 4.79 Å². The van der Waals surface area contributed by atoms with Crippen LogP contribution in [0, 0.1) is 0 Å². The third-order valence-electron chi connectivity index (χ3n) is 4.77. The monoisotopic (exact) mass is 364 g/mol. The van der Waals surface area contributed by atoms with Gasteiger partial charge >= 0.3 is 0 Å². The Bertz CT molecular complexity index is 705. The summed E-state index contributed by atoms with van der Waals surface area (Å²) >= 11 is 0. The van der Waals surface area contributed by atoms with Crippen LogP contribution in [0.5, 0.6) is 0 Å². The summed E-state index contributed by atoms with van der Waals surface area (Å²) in [5.74, 6) is 0.00353. The predicted molar refractivity (Wildman–Crippen MR) is 115 cm³/mol. The van der Waals surface area contributed by atoms with Gasteiger partial charge in [-0.15, -0.1) is 0 Å². The maximum atomic E-state index is 11.9. The number of hydrogen-bond donors (Lipinski definition) is 1. The van der Waals surface area contributed by atoms with E-state index in [-0.39, 0.29) is 5.91 Å².